The number of alkyl carbamates (subject to hydrolysis) is 1. The molecule has 0 radical (unpaired) electrons. The SMILES string of the molecule is CCOC(=O)N[C@@H](OCCl)C(=O)OCC. The Bertz CT molecular complexity index is 211. The van der Waals surface area contributed by atoms with E-state index in [4.69, 9.17) is 16.3 Å². The largest absolute Gasteiger partial charge is 0.463 e. The van der Waals surface area contributed by atoms with E-state index in [-0.39, 0.29) is 19.3 Å². The van der Waals surface area contributed by atoms with Gasteiger partial charge in [-0.05, 0) is 13.8 Å². The molecule has 0 rings (SSSR count). The molecule has 0 spiro atoms. The Hall–Kier alpha value is -1.01. The van der Waals surface area contributed by atoms with Crippen molar-refractivity contribution in [2.24, 2.45) is 0 Å². The van der Waals surface area contributed by atoms with Crippen LogP contribution >= 0.6 is 11.6 Å². The minimum absolute atomic E-state index is 0.186. The van der Waals surface area contributed by atoms with Crippen LogP contribution in [0.15, 0.2) is 0 Å². The number of ether oxygens (including phenoxy) is 3. The molecule has 1 amide bonds. The third-order valence-corrected chi connectivity index (χ3v) is 1.38. The molecule has 7 heteroatoms. The minimum atomic E-state index is -1.23. The molecular formula is C8H14ClNO5. The fraction of sp³-hybridized carbons (Fsp3) is 0.750. The van der Waals surface area contributed by atoms with Gasteiger partial charge in [-0.1, -0.05) is 11.6 Å². The van der Waals surface area contributed by atoms with Gasteiger partial charge < -0.3 is 14.2 Å². The van der Waals surface area contributed by atoms with E-state index in [2.05, 4.69) is 14.8 Å². The van der Waals surface area contributed by atoms with Crippen molar-refractivity contribution in [1.29, 1.82) is 0 Å². The second-order valence-corrected chi connectivity index (χ2v) is 2.49. The molecule has 6 nitrogen and oxygen atoms in total. The molecule has 0 aromatic rings. The van der Waals surface area contributed by atoms with Gasteiger partial charge in [-0.25, -0.2) is 9.59 Å². The molecule has 0 aromatic heterocycles. The number of hydrogen-bond acceptors (Lipinski definition) is 5. The zero-order chi connectivity index (χ0) is 11.7. The number of carbonyl (C=O) groups is 2. The molecule has 15 heavy (non-hydrogen) atoms. The van der Waals surface area contributed by atoms with Crippen molar-refractivity contribution < 1.29 is 23.8 Å². The van der Waals surface area contributed by atoms with Crippen LogP contribution in [0.1, 0.15) is 13.8 Å². The van der Waals surface area contributed by atoms with Gasteiger partial charge in [0.1, 0.15) is 6.07 Å². The average molecular weight is 240 g/mol. The number of hydrogen-bond donors (Lipinski definition) is 1. The fourth-order valence-corrected chi connectivity index (χ4v) is 0.855. The number of alkyl halides is 1. The first-order chi connectivity index (χ1) is 7.15. The first-order valence-corrected chi connectivity index (χ1v) is 4.96. The summed E-state index contributed by atoms with van der Waals surface area (Å²) in [6, 6.07) is -0.240. The fourth-order valence-electron chi connectivity index (χ4n) is 0.729. The number of carbonyl (C=O) groups excluding carboxylic acids is 2. The summed E-state index contributed by atoms with van der Waals surface area (Å²) in [6.07, 6.45) is -2.00. The van der Waals surface area contributed by atoms with Gasteiger partial charge in [-0.3, -0.25) is 5.32 Å². The van der Waals surface area contributed by atoms with E-state index in [9.17, 15) is 9.59 Å². The van der Waals surface area contributed by atoms with Crippen LogP contribution in [0.5, 0.6) is 0 Å². The monoisotopic (exact) mass is 239 g/mol. The minimum Gasteiger partial charge on any atom is -0.463 e. The van der Waals surface area contributed by atoms with Crippen molar-refractivity contribution in [3.63, 3.8) is 0 Å². The maximum absolute atomic E-state index is 11.2. The summed E-state index contributed by atoms with van der Waals surface area (Å²) in [4.78, 5) is 22.2. The summed E-state index contributed by atoms with van der Waals surface area (Å²) in [7, 11) is 0. The second-order valence-electron chi connectivity index (χ2n) is 2.27. The zero-order valence-corrected chi connectivity index (χ0v) is 9.37. The maximum Gasteiger partial charge on any atom is 0.409 e. The Morgan fingerprint density at radius 2 is 1.87 bits per heavy atom. The van der Waals surface area contributed by atoms with Crippen LogP contribution < -0.4 is 5.32 Å². The van der Waals surface area contributed by atoms with E-state index in [0.717, 1.165) is 0 Å². The Labute approximate surface area is 92.8 Å². The molecule has 0 aliphatic rings. The molecular weight excluding hydrogens is 226 g/mol. The van der Waals surface area contributed by atoms with Crippen LogP contribution in [0, 0.1) is 0 Å². The molecule has 1 N–H and O–H groups in total. The molecule has 88 valence electrons. The van der Waals surface area contributed by atoms with Gasteiger partial charge in [0.05, 0.1) is 13.2 Å². The highest BCUT2D eigenvalue weighted by Crippen LogP contribution is 1.95. The summed E-state index contributed by atoms with van der Waals surface area (Å²) < 4.78 is 14.0. The summed E-state index contributed by atoms with van der Waals surface area (Å²) in [5.74, 6) is -0.716. The number of rotatable bonds is 6. The van der Waals surface area contributed by atoms with Crippen molar-refractivity contribution in [3.8, 4) is 0 Å². The molecule has 0 aliphatic carbocycles. The van der Waals surface area contributed by atoms with E-state index in [1.54, 1.807) is 13.8 Å². The molecule has 0 fully saturated rings. The summed E-state index contributed by atoms with van der Waals surface area (Å²) in [6.45, 7) is 3.66. The maximum atomic E-state index is 11.2. The van der Waals surface area contributed by atoms with Gasteiger partial charge in [0.2, 0.25) is 6.23 Å². The number of nitrogens with one attached hydrogen (secondary N) is 1. The summed E-state index contributed by atoms with van der Waals surface area (Å²) in [5, 5.41) is 2.16. The Morgan fingerprint density at radius 1 is 1.27 bits per heavy atom. The zero-order valence-electron chi connectivity index (χ0n) is 8.62. The lowest BCUT2D eigenvalue weighted by Crippen LogP contribution is -2.43. The van der Waals surface area contributed by atoms with E-state index in [0.29, 0.717) is 0 Å². The van der Waals surface area contributed by atoms with Crippen LogP contribution in [0.2, 0.25) is 0 Å². The first-order valence-electron chi connectivity index (χ1n) is 4.43. The first kappa shape index (κ1) is 14.0. The Balaban J connectivity index is 4.13. The predicted octanol–water partition coefficient (Wildman–Crippen LogP) is 0.835. The average Bonchev–Trinajstić information content (AvgIpc) is 2.18. The molecule has 0 saturated heterocycles. The van der Waals surface area contributed by atoms with Crippen molar-refractivity contribution in [1.82, 2.24) is 5.32 Å². The van der Waals surface area contributed by atoms with Gasteiger partial charge in [0.15, 0.2) is 0 Å². The molecule has 0 bridgehead atoms. The highest BCUT2D eigenvalue weighted by atomic mass is 35.5. The normalized spacial score (nSPS) is 11.7. The Morgan fingerprint density at radius 3 is 2.33 bits per heavy atom. The third-order valence-electron chi connectivity index (χ3n) is 1.25. The molecule has 1 atom stereocenters. The predicted molar refractivity (Wildman–Crippen MR) is 52.4 cm³/mol. The molecule has 0 unspecified atom stereocenters. The second kappa shape index (κ2) is 8.31. The van der Waals surface area contributed by atoms with Gasteiger partial charge in [-0.2, -0.15) is 0 Å². The molecule has 0 aliphatic heterocycles. The van der Waals surface area contributed by atoms with Gasteiger partial charge in [0, 0.05) is 0 Å². The lowest BCUT2D eigenvalue weighted by Gasteiger charge is -2.15. The van der Waals surface area contributed by atoms with Crippen molar-refractivity contribution >= 4 is 23.7 Å². The summed E-state index contributed by atoms with van der Waals surface area (Å²) in [5.41, 5.74) is 0. The quantitative estimate of drug-likeness (QED) is 0.422. The standard InChI is InChI=1S/C8H14ClNO5/c1-3-13-7(11)6(15-5-9)10-8(12)14-4-2/h6H,3-5H2,1-2H3,(H,10,12)/t6-/m0/s1. The highest BCUT2D eigenvalue weighted by molar-refractivity contribution is 6.17. The van der Waals surface area contributed by atoms with Crippen molar-refractivity contribution in [2.45, 2.75) is 20.1 Å². The van der Waals surface area contributed by atoms with Crippen molar-refractivity contribution in [3.05, 3.63) is 0 Å². The highest BCUT2D eigenvalue weighted by Gasteiger charge is 2.22. The number of amides is 1. The smallest absolute Gasteiger partial charge is 0.409 e. The van der Waals surface area contributed by atoms with Crippen LogP contribution in [-0.2, 0) is 19.0 Å². The molecule has 0 aromatic carbocycles. The van der Waals surface area contributed by atoms with Crippen molar-refractivity contribution in [2.75, 3.05) is 19.3 Å². The lowest BCUT2D eigenvalue weighted by atomic mass is 10.5. The third kappa shape index (κ3) is 6.14. The van der Waals surface area contributed by atoms with E-state index >= 15 is 0 Å². The van der Waals surface area contributed by atoms with Crippen LogP contribution in [0.25, 0.3) is 0 Å². The number of halogens is 1. The van der Waals surface area contributed by atoms with E-state index in [1.165, 1.54) is 0 Å². The lowest BCUT2D eigenvalue weighted by molar-refractivity contribution is -0.157. The van der Waals surface area contributed by atoms with Gasteiger partial charge >= 0.3 is 12.1 Å². The molecule has 0 heterocycles. The summed E-state index contributed by atoms with van der Waals surface area (Å²) >= 11 is 5.28. The van der Waals surface area contributed by atoms with E-state index < -0.39 is 18.3 Å². The van der Waals surface area contributed by atoms with Gasteiger partial charge in [0.25, 0.3) is 0 Å². The van der Waals surface area contributed by atoms with Crippen LogP contribution in [-0.4, -0.2) is 37.6 Å². The van der Waals surface area contributed by atoms with E-state index in [1.807, 2.05) is 0 Å². The molecule has 0 saturated carbocycles. The van der Waals surface area contributed by atoms with Crippen LogP contribution in [0.4, 0.5) is 4.79 Å². The van der Waals surface area contributed by atoms with Gasteiger partial charge in [-0.15, -0.1) is 0 Å². The van der Waals surface area contributed by atoms with Crippen LogP contribution in [0.3, 0.4) is 0 Å². The topological polar surface area (TPSA) is 73.9 Å². The Kier molecular flexibility index (Phi) is 7.75. The number of esters is 1.